The van der Waals surface area contributed by atoms with Gasteiger partial charge in [0.15, 0.2) is 11.5 Å². The fraction of sp³-hybridized carbons (Fsp3) is 0.250. The van der Waals surface area contributed by atoms with E-state index in [2.05, 4.69) is 15.6 Å². The van der Waals surface area contributed by atoms with Gasteiger partial charge in [-0.15, -0.1) is 0 Å². The molecule has 1 aliphatic rings. The number of piperidine rings is 1. The SMILES string of the molecule is COc1cc2c(cc1Oc1ccnc(NC(=O)c3ccc(C4CCNCC4F)cc3)c1)cc(C)n2C(N)=O. The second-order valence-corrected chi connectivity index (χ2v) is 9.19. The summed E-state index contributed by atoms with van der Waals surface area (Å²) >= 11 is 0. The number of halogens is 1. The maximum Gasteiger partial charge on any atom is 0.323 e. The van der Waals surface area contributed by atoms with Crippen LogP contribution in [0.4, 0.5) is 15.0 Å². The number of aromatic nitrogens is 2. The van der Waals surface area contributed by atoms with Crippen molar-refractivity contribution in [1.29, 1.82) is 0 Å². The number of benzene rings is 2. The number of hydrogen-bond donors (Lipinski definition) is 3. The number of amides is 2. The first kappa shape index (κ1) is 25.2. The number of nitrogens with two attached hydrogens (primary N) is 1. The molecule has 1 fully saturated rings. The molecule has 0 bridgehead atoms. The van der Waals surface area contributed by atoms with E-state index in [1.807, 2.05) is 6.07 Å². The molecule has 9 nitrogen and oxygen atoms in total. The molecule has 0 saturated carbocycles. The van der Waals surface area contributed by atoms with Gasteiger partial charge in [-0.25, -0.2) is 14.2 Å². The van der Waals surface area contributed by atoms with E-state index >= 15 is 0 Å². The van der Waals surface area contributed by atoms with Crippen molar-refractivity contribution in [3.63, 3.8) is 0 Å². The zero-order valence-corrected chi connectivity index (χ0v) is 21.0. The molecule has 3 heterocycles. The number of ether oxygens (including phenoxy) is 2. The van der Waals surface area contributed by atoms with Crippen LogP contribution in [-0.4, -0.2) is 47.9 Å². The quantitative estimate of drug-likeness (QED) is 0.340. The number of alkyl halides is 1. The zero-order valence-electron chi connectivity index (χ0n) is 21.0. The number of anilines is 1. The van der Waals surface area contributed by atoms with Crippen molar-refractivity contribution in [1.82, 2.24) is 14.9 Å². The molecule has 196 valence electrons. The average molecular weight is 518 g/mol. The van der Waals surface area contributed by atoms with E-state index in [0.29, 0.717) is 46.4 Å². The lowest BCUT2D eigenvalue weighted by Gasteiger charge is -2.27. The summed E-state index contributed by atoms with van der Waals surface area (Å²) in [4.78, 5) is 28.9. The predicted molar refractivity (Wildman–Crippen MR) is 142 cm³/mol. The summed E-state index contributed by atoms with van der Waals surface area (Å²) in [6.07, 6.45) is 1.30. The third-order valence-electron chi connectivity index (χ3n) is 6.70. The molecule has 2 atom stereocenters. The number of carbonyl (C=O) groups excluding carboxylic acids is 2. The van der Waals surface area contributed by atoms with Crippen molar-refractivity contribution >= 4 is 28.7 Å². The van der Waals surface area contributed by atoms with Gasteiger partial charge in [-0.2, -0.15) is 0 Å². The molecule has 5 rings (SSSR count). The van der Waals surface area contributed by atoms with E-state index in [0.717, 1.165) is 23.9 Å². The minimum Gasteiger partial charge on any atom is -0.493 e. The fourth-order valence-electron chi connectivity index (χ4n) is 4.82. The Morgan fingerprint density at radius 3 is 2.63 bits per heavy atom. The largest absolute Gasteiger partial charge is 0.493 e. The molecular weight excluding hydrogens is 489 g/mol. The molecule has 38 heavy (non-hydrogen) atoms. The Kier molecular flexibility index (Phi) is 6.97. The summed E-state index contributed by atoms with van der Waals surface area (Å²) in [5.41, 5.74) is 8.14. The van der Waals surface area contributed by atoms with Crippen molar-refractivity contribution in [2.45, 2.75) is 25.4 Å². The molecule has 2 aromatic heterocycles. The van der Waals surface area contributed by atoms with Crippen molar-refractivity contribution in [3.05, 3.63) is 77.6 Å². The highest BCUT2D eigenvalue weighted by Crippen LogP contribution is 2.37. The number of aryl methyl sites for hydroxylation is 1. The molecule has 0 radical (unpaired) electrons. The number of nitrogens with zero attached hydrogens (tertiary/aromatic N) is 2. The Bertz CT molecular complexity index is 1500. The Morgan fingerprint density at radius 1 is 1.13 bits per heavy atom. The maximum absolute atomic E-state index is 14.3. The standard InChI is InChI=1S/C28H28FN5O4/c1-16-11-19-12-25(24(37-2)14-23(19)34(16)28(30)36)38-20-7-10-32-26(13-20)33-27(35)18-5-3-17(4-6-18)21-8-9-31-15-22(21)29/h3-7,10-14,21-22,31H,8-9,15H2,1-2H3,(H2,30,36)(H,32,33,35). The van der Waals surface area contributed by atoms with Crippen LogP contribution in [0.1, 0.15) is 34.0 Å². The van der Waals surface area contributed by atoms with Crippen molar-refractivity contribution in [3.8, 4) is 17.2 Å². The molecular formula is C28H28FN5O4. The Morgan fingerprint density at radius 2 is 1.92 bits per heavy atom. The van der Waals surface area contributed by atoms with E-state index in [1.165, 1.54) is 17.9 Å². The maximum atomic E-state index is 14.3. The molecule has 4 N–H and O–H groups in total. The van der Waals surface area contributed by atoms with E-state index in [1.54, 1.807) is 55.5 Å². The van der Waals surface area contributed by atoms with E-state index < -0.39 is 12.2 Å². The van der Waals surface area contributed by atoms with Crippen LogP contribution in [0.3, 0.4) is 0 Å². The Labute approximate surface area is 218 Å². The average Bonchev–Trinajstić information content (AvgIpc) is 3.23. The van der Waals surface area contributed by atoms with Crippen LogP contribution in [-0.2, 0) is 0 Å². The lowest BCUT2D eigenvalue weighted by atomic mass is 9.88. The summed E-state index contributed by atoms with van der Waals surface area (Å²) in [5.74, 6) is 1.04. The normalized spacial score (nSPS) is 17.2. The first-order chi connectivity index (χ1) is 18.3. The van der Waals surface area contributed by atoms with Crippen LogP contribution in [0.2, 0.25) is 0 Å². The molecule has 2 amide bonds. The van der Waals surface area contributed by atoms with Crippen LogP contribution in [0.25, 0.3) is 10.9 Å². The highest BCUT2D eigenvalue weighted by atomic mass is 19.1. The van der Waals surface area contributed by atoms with E-state index in [9.17, 15) is 14.0 Å². The van der Waals surface area contributed by atoms with Crippen molar-refractivity contribution in [2.24, 2.45) is 5.73 Å². The Balaban J connectivity index is 1.32. The van der Waals surface area contributed by atoms with Crippen LogP contribution in [0, 0.1) is 6.92 Å². The summed E-state index contributed by atoms with van der Waals surface area (Å²) in [6, 6.07) is 14.9. The zero-order chi connectivity index (χ0) is 26.8. The highest BCUT2D eigenvalue weighted by Gasteiger charge is 2.26. The molecule has 0 aliphatic carbocycles. The van der Waals surface area contributed by atoms with Gasteiger partial charge in [0.2, 0.25) is 0 Å². The molecule has 2 aromatic carbocycles. The van der Waals surface area contributed by atoms with E-state index in [4.69, 9.17) is 15.2 Å². The van der Waals surface area contributed by atoms with Crippen molar-refractivity contribution in [2.75, 3.05) is 25.5 Å². The van der Waals surface area contributed by atoms with Crippen LogP contribution >= 0.6 is 0 Å². The number of fused-ring (bicyclic) bond motifs is 1. The summed E-state index contributed by atoms with van der Waals surface area (Å²) in [6.45, 7) is 2.90. The molecule has 4 aromatic rings. The van der Waals surface area contributed by atoms with Crippen LogP contribution < -0.4 is 25.8 Å². The van der Waals surface area contributed by atoms with Gasteiger partial charge in [0, 0.05) is 47.4 Å². The number of hydrogen-bond acceptors (Lipinski definition) is 6. The third-order valence-corrected chi connectivity index (χ3v) is 6.70. The molecule has 2 unspecified atom stereocenters. The second kappa shape index (κ2) is 10.5. The smallest absolute Gasteiger partial charge is 0.323 e. The Hall–Kier alpha value is -4.44. The first-order valence-electron chi connectivity index (χ1n) is 12.2. The number of carbonyl (C=O) groups is 2. The minimum absolute atomic E-state index is 0.168. The van der Waals surface area contributed by atoms with Gasteiger partial charge in [0.25, 0.3) is 5.91 Å². The first-order valence-corrected chi connectivity index (χ1v) is 12.2. The molecule has 1 saturated heterocycles. The lowest BCUT2D eigenvalue weighted by Crippen LogP contribution is -2.36. The van der Waals surface area contributed by atoms with Gasteiger partial charge >= 0.3 is 6.03 Å². The van der Waals surface area contributed by atoms with E-state index in [-0.39, 0.29) is 11.8 Å². The van der Waals surface area contributed by atoms with Crippen molar-refractivity contribution < 1.29 is 23.5 Å². The molecule has 10 heteroatoms. The van der Waals surface area contributed by atoms with Gasteiger partial charge in [-0.05, 0) is 55.8 Å². The fourth-order valence-corrected chi connectivity index (χ4v) is 4.82. The number of methoxy groups -OCH3 is 1. The number of primary amides is 1. The van der Waals surface area contributed by atoms with Crippen LogP contribution in [0.15, 0.2) is 60.8 Å². The van der Waals surface area contributed by atoms with Gasteiger partial charge in [0.1, 0.15) is 17.7 Å². The summed E-state index contributed by atoms with van der Waals surface area (Å²) < 4.78 is 27.2. The number of rotatable bonds is 6. The van der Waals surface area contributed by atoms with Gasteiger partial charge in [-0.1, -0.05) is 12.1 Å². The van der Waals surface area contributed by atoms with Gasteiger partial charge in [-0.3, -0.25) is 9.36 Å². The minimum atomic E-state index is -0.943. The topological polar surface area (TPSA) is 120 Å². The number of nitrogens with one attached hydrogen (secondary N) is 2. The summed E-state index contributed by atoms with van der Waals surface area (Å²) in [5, 5.41) is 6.58. The summed E-state index contributed by atoms with van der Waals surface area (Å²) in [7, 11) is 1.50. The second-order valence-electron chi connectivity index (χ2n) is 9.19. The third kappa shape index (κ3) is 5.03. The molecule has 0 spiro atoms. The lowest BCUT2D eigenvalue weighted by molar-refractivity contribution is 0.102. The predicted octanol–water partition coefficient (Wildman–Crippen LogP) is 4.74. The van der Waals surface area contributed by atoms with Gasteiger partial charge < -0.3 is 25.8 Å². The monoisotopic (exact) mass is 517 g/mol. The number of pyridine rings is 1. The molecule has 1 aliphatic heterocycles. The highest BCUT2D eigenvalue weighted by molar-refractivity contribution is 6.03. The van der Waals surface area contributed by atoms with Crippen LogP contribution in [0.5, 0.6) is 17.2 Å². The van der Waals surface area contributed by atoms with Gasteiger partial charge in [0.05, 0.1) is 12.6 Å².